The summed E-state index contributed by atoms with van der Waals surface area (Å²) >= 11 is 1.24. The Morgan fingerprint density at radius 3 is 2.65 bits per heavy atom. The minimum absolute atomic E-state index is 0.205. The van der Waals surface area contributed by atoms with Crippen LogP contribution in [0.15, 0.2) is 34.1 Å². The average molecular weight is 317 g/mol. The summed E-state index contributed by atoms with van der Waals surface area (Å²) in [5.41, 5.74) is 0. The van der Waals surface area contributed by atoms with Crippen LogP contribution in [-0.2, 0) is 14.8 Å². The molecule has 0 heterocycles. The van der Waals surface area contributed by atoms with Crippen LogP contribution >= 0.6 is 11.8 Å². The lowest BCUT2D eigenvalue weighted by molar-refractivity contribution is -0.140. The summed E-state index contributed by atoms with van der Waals surface area (Å²) in [4.78, 5) is 11.6. The lowest BCUT2D eigenvalue weighted by Gasteiger charge is -2.11. The largest absolute Gasteiger partial charge is 0.481 e. The Bertz CT molecular complexity index is 557. The molecule has 7 heteroatoms. The van der Waals surface area contributed by atoms with Gasteiger partial charge in [-0.1, -0.05) is 26.0 Å². The van der Waals surface area contributed by atoms with Gasteiger partial charge in [-0.05, 0) is 18.6 Å². The Hall–Kier alpha value is -1.05. The molecule has 0 saturated heterocycles. The number of thioether (sulfide) groups is 1. The molecule has 1 aromatic carbocycles. The first-order valence-corrected chi connectivity index (χ1v) is 8.79. The highest BCUT2D eigenvalue weighted by Crippen LogP contribution is 2.27. The van der Waals surface area contributed by atoms with Crippen molar-refractivity contribution in [2.45, 2.75) is 30.1 Å². The zero-order valence-electron chi connectivity index (χ0n) is 11.5. The molecule has 20 heavy (non-hydrogen) atoms. The van der Waals surface area contributed by atoms with E-state index in [4.69, 9.17) is 5.11 Å². The van der Waals surface area contributed by atoms with Crippen molar-refractivity contribution in [2.24, 2.45) is 5.92 Å². The van der Waals surface area contributed by atoms with Gasteiger partial charge in [0, 0.05) is 17.2 Å². The van der Waals surface area contributed by atoms with E-state index in [0.29, 0.717) is 23.6 Å². The van der Waals surface area contributed by atoms with Crippen LogP contribution in [0.2, 0.25) is 0 Å². The van der Waals surface area contributed by atoms with Gasteiger partial charge in [0.15, 0.2) is 0 Å². The molecule has 1 unspecified atom stereocenters. The van der Waals surface area contributed by atoms with Crippen molar-refractivity contribution in [1.82, 2.24) is 4.72 Å². The van der Waals surface area contributed by atoms with Crippen LogP contribution < -0.4 is 4.72 Å². The van der Waals surface area contributed by atoms with Crippen LogP contribution in [0.3, 0.4) is 0 Å². The molecule has 0 radical (unpaired) electrons. The van der Waals surface area contributed by atoms with E-state index in [1.807, 2.05) is 6.92 Å². The van der Waals surface area contributed by atoms with Gasteiger partial charge in [0.25, 0.3) is 0 Å². The van der Waals surface area contributed by atoms with Crippen LogP contribution in [0.1, 0.15) is 20.3 Å². The first-order chi connectivity index (χ1) is 9.38. The fraction of sp³-hybridized carbons (Fsp3) is 0.462. The third-order valence-corrected chi connectivity index (χ3v) is 5.57. The average Bonchev–Trinajstić information content (AvgIpc) is 2.42. The maximum Gasteiger partial charge on any atom is 0.307 e. The minimum Gasteiger partial charge on any atom is -0.481 e. The van der Waals surface area contributed by atoms with Crippen molar-refractivity contribution in [3.05, 3.63) is 24.3 Å². The van der Waals surface area contributed by atoms with Crippen LogP contribution in [0.5, 0.6) is 0 Å². The third kappa shape index (κ3) is 4.81. The van der Waals surface area contributed by atoms with E-state index in [9.17, 15) is 13.2 Å². The molecule has 0 bridgehead atoms. The second-order valence-corrected chi connectivity index (χ2v) is 7.19. The number of aliphatic carboxylic acids is 1. The van der Waals surface area contributed by atoms with Crippen LogP contribution in [0.25, 0.3) is 0 Å². The molecule has 2 N–H and O–H groups in total. The number of hydrogen-bond acceptors (Lipinski definition) is 4. The van der Waals surface area contributed by atoms with Crippen molar-refractivity contribution >= 4 is 27.8 Å². The van der Waals surface area contributed by atoms with E-state index >= 15 is 0 Å². The Morgan fingerprint density at radius 2 is 2.05 bits per heavy atom. The van der Waals surface area contributed by atoms with Gasteiger partial charge in [0.1, 0.15) is 0 Å². The predicted octanol–water partition coefficient (Wildman–Crippen LogP) is 2.19. The number of sulfonamides is 1. The maximum absolute atomic E-state index is 12.1. The first-order valence-electron chi connectivity index (χ1n) is 6.32. The molecule has 1 aromatic rings. The number of rotatable bonds is 8. The summed E-state index contributed by atoms with van der Waals surface area (Å²) in [5.74, 6) is -1.09. The SMILES string of the molecule is CCCNS(=O)(=O)c1ccccc1SCC(C)C(=O)O. The van der Waals surface area contributed by atoms with Gasteiger partial charge in [-0.25, -0.2) is 13.1 Å². The molecule has 1 rings (SSSR count). The topological polar surface area (TPSA) is 83.5 Å². The van der Waals surface area contributed by atoms with Gasteiger partial charge in [-0.15, -0.1) is 11.8 Å². The molecule has 0 aliphatic heterocycles. The molecule has 0 saturated carbocycles. The Labute approximate surface area is 123 Å². The van der Waals surface area contributed by atoms with Gasteiger partial charge >= 0.3 is 5.97 Å². The summed E-state index contributed by atoms with van der Waals surface area (Å²) in [7, 11) is -3.54. The number of carboxylic acids is 1. The van der Waals surface area contributed by atoms with E-state index < -0.39 is 21.9 Å². The summed E-state index contributed by atoms with van der Waals surface area (Å²) in [6.07, 6.45) is 0.713. The molecular weight excluding hydrogens is 298 g/mol. The van der Waals surface area contributed by atoms with Crippen LogP contribution in [0.4, 0.5) is 0 Å². The van der Waals surface area contributed by atoms with Crippen molar-refractivity contribution in [1.29, 1.82) is 0 Å². The van der Waals surface area contributed by atoms with Crippen molar-refractivity contribution < 1.29 is 18.3 Å². The van der Waals surface area contributed by atoms with E-state index in [1.54, 1.807) is 25.1 Å². The lowest BCUT2D eigenvalue weighted by atomic mass is 10.2. The molecule has 0 amide bonds. The number of carboxylic acid groups (broad SMARTS) is 1. The van der Waals surface area contributed by atoms with Crippen LogP contribution in [0, 0.1) is 5.92 Å². The zero-order chi connectivity index (χ0) is 15.2. The quantitative estimate of drug-likeness (QED) is 0.718. The monoisotopic (exact) mass is 317 g/mol. The molecule has 0 aliphatic carbocycles. The molecular formula is C13H19NO4S2. The predicted molar refractivity (Wildman–Crippen MR) is 79.4 cm³/mol. The summed E-state index contributed by atoms with van der Waals surface area (Å²) in [6, 6.07) is 6.63. The van der Waals surface area contributed by atoms with E-state index in [0.717, 1.165) is 0 Å². The fourth-order valence-corrected chi connectivity index (χ4v) is 4.07. The molecule has 0 aromatic heterocycles. The Morgan fingerprint density at radius 1 is 1.40 bits per heavy atom. The molecule has 5 nitrogen and oxygen atoms in total. The highest BCUT2D eigenvalue weighted by atomic mass is 32.2. The van der Waals surface area contributed by atoms with E-state index in [1.165, 1.54) is 17.8 Å². The maximum atomic E-state index is 12.1. The Kier molecular flexibility index (Phi) is 6.51. The number of nitrogens with one attached hydrogen (secondary N) is 1. The second-order valence-electron chi connectivity index (χ2n) is 4.39. The summed E-state index contributed by atoms with van der Waals surface area (Å²) in [6.45, 7) is 3.87. The zero-order valence-corrected chi connectivity index (χ0v) is 13.1. The highest BCUT2D eigenvalue weighted by Gasteiger charge is 2.19. The third-order valence-electron chi connectivity index (χ3n) is 2.59. The smallest absolute Gasteiger partial charge is 0.307 e. The van der Waals surface area contributed by atoms with Gasteiger partial charge < -0.3 is 5.11 Å². The molecule has 0 fully saturated rings. The van der Waals surface area contributed by atoms with E-state index in [-0.39, 0.29) is 4.90 Å². The van der Waals surface area contributed by atoms with Gasteiger partial charge in [-0.2, -0.15) is 0 Å². The second kappa shape index (κ2) is 7.66. The minimum atomic E-state index is -3.54. The lowest BCUT2D eigenvalue weighted by Crippen LogP contribution is -2.25. The molecule has 0 aliphatic rings. The van der Waals surface area contributed by atoms with Gasteiger partial charge in [0.2, 0.25) is 10.0 Å². The van der Waals surface area contributed by atoms with Crippen molar-refractivity contribution in [2.75, 3.05) is 12.3 Å². The normalized spacial score (nSPS) is 13.1. The molecule has 1 atom stereocenters. The molecule has 112 valence electrons. The fourth-order valence-electron chi connectivity index (χ4n) is 1.39. The van der Waals surface area contributed by atoms with Gasteiger partial charge in [0.05, 0.1) is 10.8 Å². The Balaban J connectivity index is 2.91. The van der Waals surface area contributed by atoms with Crippen LogP contribution in [-0.4, -0.2) is 31.8 Å². The summed E-state index contributed by atoms with van der Waals surface area (Å²) in [5, 5.41) is 8.86. The van der Waals surface area contributed by atoms with Crippen molar-refractivity contribution in [3.8, 4) is 0 Å². The first kappa shape index (κ1) is 17.0. The number of carbonyl (C=O) groups is 1. The molecule has 0 spiro atoms. The van der Waals surface area contributed by atoms with Crippen molar-refractivity contribution in [3.63, 3.8) is 0 Å². The number of hydrogen-bond donors (Lipinski definition) is 2. The van der Waals surface area contributed by atoms with Gasteiger partial charge in [-0.3, -0.25) is 4.79 Å². The highest BCUT2D eigenvalue weighted by molar-refractivity contribution is 8.00. The summed E-state index contributed by atoms with van der Waals surface area (Å²) < 4.78 is 26.8. The van der Waals surface area contributed by atoms with E-state index in [2.05, 4.69) is 4.72 Å². The number of benzene rings is 1. The standard InChI is InChI=1S/C13H19NO4S2/c1-3-8-14-20(17,18)12-7-5-4-6-11(12)19-9-10(2)13(15)16/h4-7,10,14H,3,8-9H2,1-2H3,(H,15,16).